The number of rotatable bonds is 5. The minimum absolute atomic E-state index is 0.106. The number of hydrogen-bond acceptors (Lipinski definition) is 1. The second kappa shape index (κ2) is 6.87. The average Bonchev–Trinajstić information content (AvgIpc) is 2.14. The third-order valence-corrected chi connectivity index (χ3v) is 2.69. The fraction of sp³-hybridized carbons (Fsp3) is 0.929. The van der Waals surface area contributed by atoms with Crippen LogP contribution in [0.3, 0.4) is 0 Å². The Bertz CT molecular complexity index is 234. The van der Waals surface area contributed by atoms with Gasteiger partial charge in [0.1, 0.15) is 0 Å². The van der Waals surface area contributed by atoms with E-state index in [4.69, 9.17) is 5.73 Å². The fourth-order valence-electron chi connectivity index (χ4n) is 1.96. The van der Waals surface area contributed by atoms with E-state index in [1.807, 2.05) is 0 Å². The number of guanidine groups is 1. The zero-order valence-electron chi connectivity index (χ0n) is 12.7. The second-order valence-electron chi connectivity index (χ2n) is 6.16. The molecular formula is C14H31N3. The van der Waals surface area contributed by atoms with Crippen LogP contribution < -0.4 is 5.73 Å². The summed E-state index contributed by atoms with van der Waals surface area (Å²) in [5.74, 6) is 1.30. The van der Waals surface area contributed by atoms with Crippen LogP contribution in [0.4, 0.5) is 0 Å². The molecule has 0 spiro atoms. The molecular weight excluding hydrogens is 210 g/mol. The Morgan fingerprint density at radius 2 is 1.65 bits per heavy atom. The molecule has 0 aromatic heterocycles. The van der Waals surface area contributed by atoms with E-state index >= 15 is 0 Å². The van der Waals surface area contributed by atoms with Crippen molar-refractivity contribution in [3.63, 3.8) is 0 Å². The lowest BCUT2D eigenvalue weighted by molar-refractivity contribution is 0.261. The third kappa shape index (κ3) is 6.54. The van der Waals surface area contributed by atoms with Crippen molar-refractivity contribution >= 4 is 5.96 Å². The fourth-order valence-corrected chi connectivity index (χ4v) is 1.96. The first-order chi connectivity index (χ1) is 7.71. The largest absolute Gasteiger partial charge is 0.370 e. The van der Waals surface area contributed by atoms with Crippen LogP contribution in [0.2, 0.25) is 0 Å². The molecule has 0 bridgehead atoms. The Labute approximate surface area is 107 Å². The van der Waals surface area contributed by atoms with Crippen LogP contribution in [-0.2, 0) is 0 Å². The maximum Gasteiger partial charge on any atom is 0.192 e. The molecule has 3 nitrogen and oxygen atoms in total. The SMILES string of the molecule is CCC(CC)N(CC(C)C)C(N)=NC(C)(C)C. The van der Waals surface area contributed by atoms with Gasteiger partial charge in [0.15, 0.2) is 5.96 Å². The van der Waals surface area contributed by atoms with Crippen LogP contribution in [-0.4, -0.2) is 29.0 Å². The Morgan fingerprint density at radius 1 is 1.18 bits per heavy atom. The van der Waals surface area contributed by atoms with Gasteiger partial charge in [-0.1, -0.05) is 27.7 Å². The highest BCUT2D eigenvalue weighted by Gasteiger charge is 2.20. The quantitative estimate of drug-likeness (QED) is 0.593. The summed E-state index contributed by atoms with van der Waals surface area (Å²) < 4.78 is 0. The maximum atomic E-state index is 6.18. The molecule has 0 heterocycles. The van der Waals surface area contributed by atoms with Crippen LogP contribution in [0.1, 0.15) is 61.3 Å². The first-order valence-electron chi connectivity index (χ1n) is 6.83. The molecule has 17 heavy (non-hydrogen) atoms. The molecule has 0 aromatic carbocycles. The summed E-state index contributed by atoms with van der Waals surface area (Å²) in [4.78, 5) is 6.87. The predicted octanol–water partition coefficient (Wildman–Crippen LogP) is 3.25. The summed E-state index contributed by atoms with van der Waals surface area (Å²) in [7, 11) is 0. The standard InChI is InChI=1S/C14H31N3/c1-8-12(9-2)17(10-11(3)4)13(15)16-14(5,6)7/h11-12H,8-10H2,1-7H3,(H2,15,16). The molecule has 0 saturated carbocycles. The smallest absolute Gasteiger partial charge is 0.192 e. The van der Waals surface area contributed by atoms with Gasteiger partial charge in [-0.15, -0.1) is 0 Å². The summed E-state index contributed by atoms with van der Waals surface area (Å²) in [5.41, 5.74) is 6.07. The van der Waals surface area contributed by atoms with E-state index in [2.05, 4.69) is 58.4 Å². The van der Waals surface area contributed by atoms with Gasteiger partial charge in [0.2, 0.25) is 0 Å². The molecule has 0 aliphatic rings. The van der Waals surface area contributed by atoms with Gasteiger partial charge in [-0.05, 0) is 39.5 Å². The molecule has 0 unspecified atom stereocenters. The molecule has 0 saturated heterocycles. The molecule has 0 rings (SSSR count). The summed E-state index contributed by atoms with van der Waals surface area (Å²) in [6.07, 6.45) is 2.23. The molecule has 102 valence electrons. The highest BCUT2D eigenvalue weighted by Crippen LogP contribution is 2.14. The lowest BCUT2D eigenvalue weighted by atomic mass is 10.1. The van der Waals surface area contributed by atoms with E-state index in [0.717, 1.165) is 19.4 Å². The van der Waals surface area contributed by atoms with Gasteiger partial charge in [0, 0.05) is 12.6 Å². The zero-order valence-corrected chi connectivity index (χ0v) is 12.7. The molecule has 2 N–H and O–H groups in total. The summed E-state index contributed by atoms with van der Waals surface area (Å²) >= 11 is 0. The van der Waals surface area contributed by atoms with Crippen molar-refractivity contribution in [3.8, 4) is 0 Å². The van der Waals surface area contributed by atoms with Crippen molar-refractivity contribution in [3.05, 3.63) is 0 Å². The van der Waals surface area contributed by atoms with Crippen molar-refractivity contribution in [2.24, 2.45) is 16.6 Å². The van der Waals surface area contributed by atoms with Crippen LogP contribution in [0.25, 0.3) is 0 Å². The minimum Gasteiger partial charge on any atom is -0.370 e. The Balaban J connectivity index is 4.97. The summed E-state index contributed by atoms with van der Waals surface area (Å²) in [5, 5.41) is 0. The third-order valence-electron chi connectivity index (χ3n) is 2.69. The number of nitrogens with two attached hydrogens (primary N) is 1. The van der Waals surface area contributed by atoms with Crippen molar-refractivity contribution < 1.29 is 0 Å². The molecule has 0 aliphatic heterocycles. The van der Waals surface area contributed by atoms with Crippen molar-refractivity contribution in [1.82, 2.24) is 4.90 Å². The monoisotopic (exact) mass is 241 g/mol. The minimum atomic E-state index is -0.106. The van der Waals surface area contributed by atoms with Crippen molar-refractivity contribution in [2.45, 2.75) is 72.9 Å². The molecule has 0 radical (unpaired) electrons. The highest BCUT2D eigenvalue weighted by molar-refractivity contribution is 5.78. The van der Waals surface area contributed by atoms with E-state index < -0.39 is 0 Å². The lowest BCUT2D eigenvalue weighted by Crippen LogP contribution is -2.47. The lowest BCUT2D eigenvalue weighted by Gasteiger charge is -2.34. The van der Waals surface area contributed by atoms with Crippen LogP contribution in [0, 0.1) is 5.92 Å². The molecule has 0 fully saturated rings. The van der Waals surface area contributed by atoms with E-state index in [9.17, 15) is 0 Å². The summed E-state index contributed by atoms with van der Waals surface area (Å²) in [6.45, 7) is 16.1. The highest BCUT2D eigenvalue weighted by atomic mass is 15.3. The Hall–Kier alpha value is -0.730. The number of nitrogens with zero attached hydrogens (tertiary/aromatic N) is 2. The first-order valence-corrected chi connectivity index (χ1v) is 6.83. The number of aliphatic imine (C=N–C) groups is 1. The second-order valence-corrected chi connectivity index (χ2v) is 6.16. The predicted molar refractivity (Wildman–Crippen MR) is 77.3 cm³/mol. The van der Waals surface area contributed by atoms with Gasteiger partial charge in [0.25, 0.3) is 0 Å². The van der Waals surface area contributed by atoms with E-state index in [0.29, 0.717) is 17.9 Å². The molecule has 0 amide bonds. The van der Waals surface area contributed by atoms with Gasteiger partial charge in [-0.25, -0.2) is 4.99 Å². The van der Waals surface area contributed by atoms with Crippen LogP contribution in [0.15, 0.2) is 4.99 Å². The Kier molecular flexibility index (Phi) is 6.58. The molecule has 0 atom stereocenters. The normalized spacial score (nSPS) is 13.6. The summed E-state index contributed by atoms with van der Waals surface area (Å²) in [6, 6.07) is 0.503. The topological polar surface area (TPSA) is 41.6 Å². The van der Waals surface area contributed by atoms with Crippen molar-refractivity contribution in [2.75, 3.05) is 6.54 Å². The Morgan fingerprint density at radius 3 is 1.94 bits per heavy atom. The maximum absolute atomic E-state index is 6.18. The average molecular weight is 241 g/mol. The van der Waals surface area contributed by atoms with Gasteiger partial charge in [0.05, 0.1) is 5.54 Å². The van der Waals surface area contributed by atoms with Gasteiger partial charge < -0.3 is 10.6 Å². The van der Waals surface area contributed by atoms with Crippen molar-refractivity contribution in [1.29, 1.82) is 0 Å². The molecule has 3 heteroatoms. The molecule has 0 aliphatic carbocycles. The van der Waals surface area contributed by atoms with Crippen LogP contribution in [0.5, 0.6) is 0 Å². The first kappa shape index (κ1) is 16.3. The molecule has 0 aromatic rings. The van der Waals surface area contributed by atoms with Gasteiger partial charge in [-0.3, -0.25) is 0 Å². The van der Waals surface area contributed by atoms with Gasteiger partial charge in [-0.2, -0.15) is 0 Å². The number of hydrogen-bond donors (Lipinski definition) is 1. The van der Waals surface area contributed by atoms with E-state index in [1.165, 1.54) is 0 Å². The van der Waals surface area contributed by atoms with E-state index in [-0.39, 0.29) is 5.54 Å². The van der Waals surface area contributed by atoms with Gasteiger partial charge >= 0.3 is 0 Å². The van der Waals surface area contributed by atoms with E-state index in [1.54, 1.807) is 0 Å². The van der Waals surface area contributed by atoms with Crippen LogP contribution >= 0.6 is 0 Å². The zero-order chi connectivity index (χ0) is 13.6.